The van der Waals surface area contributed by atoms with E-state index in [2.05, 4.69) is 11.9 Å². The van der Waals surface area contributed by atoms with Gasteiger partial charge in [-0.15, -0.1) is 0 Å². The number of carbonyl (C=O) groups is 1. The van der Waals surface area contributed by atoms with E-state index in [0.29, 0.717) is 22.5 Å². The van der Waals surface area contributed by atoms with Crippen LogP contribution in [0.15, 0.2) is 18.2 Å². The van der Waals surface area contributed by atoms with Crippen LogP contribution in [0.1, 0.15) is 44.1 Å². The number of rotatable bonds is 6. The summed E-state index contributed by atoms with van der Waals surface area (Å²) in [5, 5.41) is 1.12. The smallest absolute Gasteiger partial charge is 0.155 e. The van der Waals surface area contributed by atoms with Crippen LogP contribution in [0.3, 0.4) is 0 Å². The highest BCUT2D eigenvalue weighted by atomic mass is 35.5. The van der Waals surface area contributed by atoms with E-state index < -0.39 is 5.54 Å². The minimum atomic E-state index is -0.590. The minimum Gasteiger partial charge on any atom is -0.359 e. The lowest BCUT2D eigenvalue weighted by molar-refractivity contribution is -0.148. The lowest BCUT2D eigenvalue weighted by atomic mass is 9.74. The number of Topliss-reactive ketones (excluding diaryl/α,β-unsaturated/α-hetero) is 1. The Kier molecular flexibility index (Phi) is 5.76. The van der Waals surface area contributed by atoms with Crippen molar-refractivity contribution in [3.8, 4) is 0 Å². The molecule has 1 aromatic rings. The molecule has 0 amide bonds. The molecule has 0 saturated carbocycles. The molecule has 2 fully saturated rings. The molecule has 2 bridgehead atoms. The number of likely N-dealkylation sites (N-methyl/N-ethyl adjacent to an activating group) is 1. The fraction of sp³-hybridized carbons (Fsp3) is 0.632. The van der Waals surface area contributed by atoms with Crippen LogP contribution in [0, 0.1) is 0 Å². The van der Waals surface area contributed by atoms with E-state index in [1.54, 1.807) is 7.11 Å². The van der Waals surface area contributed by atoms with Gasteiger partial charge in [-0.3, -0.25) is 9.69 Å². The summed E-state index contributed by atoms with van der Waals surface area (Å²) in [5.41, 5.74) is 0.556. The molecule has 2 unspecified atom stereocenters. The molecule has 138 valence electrons. The van der Waals surface area contributed by atoms with Crippen LogP contribution in [0.25, 0.3) is 0 Å². The molecule has 0 aliphatic carbocycles. The summed E-state index contributed by atoms with van der Waals surface area (Å²) in [7, 11) is 3.66. The number of nitrogens with zero attached hydrogens (tertiary/aromatic N) is 1. The van der Waals surface area contributed by atoms with Gasteiger partial charge in [0.05, 0.1) is 16.1 Å². The molecule has 2 aliphatic heterocycles. The second-order valence-corrected chi connectivity index (χ2v) is 7.89. The number of benzene rings is 1. The Morgan fingerprint density at radius 2 is 2.08 bits per heavy atom. The lowest BCUT2D eigenvalue weighted by Gasteiger charge is -2.46. The van der Waals surface area contributed by atoms with E-state index in [-0.39, 0.29) is 24.6 Å². The maximum absolute atomic E-state index is 13.0. The van der Waals surface area contributed by atoms with Gasteiger partial charge in [0.25, 0.3) is 0 Å². The highest BCUT2D eigenvalue weighted by molar-refractivity contribution is 6.42. The maximum atomic E-state index is 13.0. The molecule has 0 aromatic heterocycles. The Labute approximate surface area is 159 Å². The average molecular weight is 386 g/mol. The van der Waals surface area contributed by atoms with Crippen molar-refractivity contribution in [1.29, 1.82) is 0 Å². The van der Waals surface area contributed by atoms with E-state index in [1.807, 2.05) is 25.1 Å². The molecule has 0 spiro atoms. The molecule has 25 heavy (non-hydrogen) atoms. The second kappa shape index (κ2) is 7.53. The third-order valence-corrected chi connectivity index (χ3v) is 6.66. The fourth-order valence-electron chi connectivity index (χ4n) is 4.64. The first-order valence-corrected chi connectivity index (χ1v) is 9.51. The molecule has 6 heteroatoms. The molecule has 3 rings (SSSR count). The van der Waals surface area contributed by atoms with Crippen molar-refractivity contribution in [1.82, 2.24) is 4.90 Å². The molecular weight excluding hydrogens is 361 g/mol. The van der Waals surface area contributed by atoms with E-state index in [0.717, 1.165) is 24.8 Å². The van der Waals surface area contributed by atoms with Crippen molar-refractivity contribution >= 4 is 29.0 Å². The van der Waals surface area contributed by atoms with Crippen LogP contribution < -0.4 is 0 Å². The number of methoxy groups -OCH3 is 1. The highest BCUT2D eigenvalue weighted by Crippen LogP contribution is 2.51. The van der Waals surface area contributed by atoms with Gasteiger partial charge in [0.1, 0.15) is 12.3 Å². The average Bonchev–Trinajstić information content (AvgIpc) is 2.77. The van der Waals surface area contributed by atoms with Crippen LogP contribution in [0.5, 0.6) is 0 Å². The molecule has 1 aromatic carbocycles. The normalized spacial score (nSPS) is 32.1. The van der Waals surface area contributed by atoms with Crippen LogP contribution >= 0.6 is 23.2 Å². The van der Waals surface area contributed by atoms with Gasteiger partial charge in [-0.2, -0.15) is 0 Å². The Morgan fingerprint density at radius 3 is 2.72 bits per heavy atom. The van der Waals surface area contributed by atoms with Crippen LogP contribution in [-0.2, 0) is 14.3 Å². The summed E-state index contributed by atoms with van der Waals surface area (Å²) in [6.07, 6.45) is 2.93. The first kappa shape index (κ1) is 19.1. The number of halogens is 2. The predicted octanol–water partition coefficient (Wildman–Crippen LogP) is 4.28. The summed E-state index contributed by atoms with van der Waals surface area (Å²) in [5.74, 6) is 0.506. The Balaban J connectivity index is 1.95. The first-order chi connectivity index (χ1) is 11.9. The summed E-state index contributed by atoms with van der Waals surface area (Å²) >= 11 is 12.3. The van der Waals surface area contributed by atoms with Gasteiger partial charge in [-0.1, -0.05) is 36.2 Å². The zero-order chi connectivity index (χ0) is 18.2. The Hall–Kier alpha value is -0.650. The van der Waals surface area contributed by atoms with Gasteiger partial charge >= 0.3 is 0 Å². The monoisotopic (exact) mass is 385 g/mol. The van der Waals surface area contributed by atoms with Crippen molar-refractivity contribution < 1.29 is 14.3 Å². The van der Waals surface area contributed by atoms with Crippen molar-refractivity contribution in [3.05, 3.63) is 33.8 Å². The largest absolute Gasteiger partial charge is 0.359 e. The zero-order valence-electron chi connectivity index (χ0n) is 14.9. The molecular formula is C19H25Cl2NO3. The van der Waals surface area contributed by atoms with Crippen molar-refractivity contribution in [3.63, 3.8) is 0 Å². The van der Waals surface area contributed by atoms with Crippen LogP contribution in [0.2, 0.25) is 10.0 Å². The number of fused-ring (bicyclic) bond motifs is 2. The Morgan fingerprint density at radius 1 is 1.32 bits per heavy atom. The number of hydrogen-bond donors (Lipinski definition) is 0. The van der Waals surface area contributed by atoms with Gasteiger partial charge in [0, 0.05) is 19.6 Å². The molecule has 0 radical (unpaired) electrons. The molecule has 4 nitrogen and oxygen atoms in total. The molecule has 2 heterocycles. The van der Waals surface area contributed by atoms with Crippen LogP contribution in [0.4, 0.5) is 0 Å². The van der Waals surface area contributed by atoms with Gasteiger partial charge in [-0.25, -0.2) is 0 Å². The van der Waals surface area contributed by atoms with Crippen LogP contribution in [-0.4, -0.2) is 49.3 Å². The van der Waals surface area contributed by atoms with Crippen molar-refractivity contribution in [2.45, 2.75) is 56.2 Å². The quantitative estimate of drug-likeness (QED) is 0.684. The Bertz CT molecular complexity index is 654. The number of hydrogen-bond acceptors (Lipinski definition) is 4. The molecule has 4 atom stereocenters. The predicted molar refractivity (Wildman–Crippen MR) is 99.4 cm³/mol. The van der Waals surface area contributed by atoms with E-state index in [4.69, 9.17) is 32.7 Å². The molecule has 0 N–H and O–H groups in total. The van der Waals surface area contributed by atoms with Gasteiger partial charge in [0.2, 0.25) is 0 Å². The fourth-order valence-corrected chi connectivity index (χ4v) is 4.95. The standard InChI is InChI=1S/C19H25Cl2NO3/c1-4-17(23)19-10-13(12-5-6-15(20)16(21)8-12)7-14(22(19)2)9-18(19)25-11-24-3/h5-6,8,13-14,18H,4,7,9-11H2,1-3H3/t13-,14?,18+,19?/m1/s1. The SMILES string of the molecule is CCC(=O)C12C[C@H](c3ccc(Cl)c(Cl)c3)CC(C[C@@H]1OCOC)N2C. The van der Waals surface area contributed by atoms with Gasteiger partial charge in [0.15, 0.2) is 5.78 Å². The van der Waals surface area contributed by atoms with E-state index in [1.165, 1.54) is 0 Å². The summed E-state index contributed by atoms with van der Waals surface area (Å²) in [6.45, 7) is 2.13. The topological polar surface area (TPSA) is 38.8 Å². The summed E-state index contributed by atoms with van der Waals surface area (Å²) in [6, 6.07) is 6.12. The number of piperidine rings is 1. The summed E-state index contributed by atoms with van der Waals surface area (Å²) < 4.78 is 11.1. The first-order valence-electron chi connectivity index (χ1n) is 8.75. The van der Waals surface area contributed by atoms with Gasteiger partial charge in [-0.05, 0) is 49.9 Å². The van der Waals surface area contributed by atoms with Crippen molar-refractivity contribution in [2.75, 3.05) is 21.0 Å². The van der Waals surface area contributed by atoms with E-state index in [9.17, 15) is 4.79 Å². The minimum absolute atomic E-state index is 0.136. The number of carbonyl (C=O) groups excluding carboxylic acids is 1. The molecule has 2 aliphatic rings. The summed E-state index contributed by atoms with van der Waals surface area (Å²) in [4.78, 5) is 15.3. The third kappa shape index (κ3) is 3.24. The highest BCUT2D eigenvalue weighted by Gasteiger charge is 2.60. The van der Waals surface area contributed by atoms with E-state index >= 15 is 0 Å². The number of ether oxygens (including phenoxy) is 2. The van der Waals surface area contributed by atoms with Crippen molar-refractivity contribution in [2.24, 2.45) is 0 Å². The maximum Gasteiger partial charge on any atom is 0.155 e. The second-order valence-electron chi connectivity index (χ2n) is 7.07. The van der Waals surface area contributed by atoms with Gasteiger partial charge < -0.3 is 9.47 Å². The third-order valence-electron chi connectivity index (χ3n) is 5.92. The zero-order valence-corrected chi connectivity index (χ0v) is 16.4. The molecule has 2 saturated heterocycles. The number of ketones is 1. The lowest BCUT2D eigenvalue weighted by Crippen LogP contribution is -2.60.